The van der Waals surface area contributed by atoms with Gasteiger partial charge in [-0.1, -0.05) is 19.9 Å². The number of nitrogens with zero attached hydrogens (tertiary/aromatic N) is 2. The van der Waals surface area contributed by atoms with E-state index in [0.29, 0.717) is 11.9 Å². The van der Waals surface area contributed by atoms with Crippen LogP contribution in [0.25, 0.3) is 0 Å². The quantitative estimate of drug-likeness (QED) is 0.323. The van der Waals surface area contributed by atoms with Gasteiger partial charge in [0.2, 0.25) is 0 Å². The Kier molecular flexibility index (Phi) is 7.68. The second-order valence-corrected chi connectivity index (χ2v) is 5.81. The molecule has 21 heavy (non-hydrogen) atoms. The number of rotatable bonds is 6. The monoisotopic (exact) mass is 307 g/mol. The van der Waals surface area contributed by atoms with E-state index in [1.54, 1.807) is 0 Å². The van der Waals surface area contributed by atoms with Crippen molar-refractivity contribution in [3.8, 4) is 0 Å². The number of hydrogen-bond donors (Lipinski definition) is 3. The number of hydrogen-bond acceptors (Lipinski definition) is 3. The summed E-state index contributed by atoms with van der Waals surface area (Å²) in [6, 6.07) is 4.04. The Hall–Kier alpha value is -1.69. The van der Waals surface area contributed by atoms with Crippen molar-refractivity contribution < 1.29 is 0 Å². The molecule has 0 amide bonds. The molecule has 0 spiro atoms. The molecule has 1 aromatic heterocycles. The van der Waals surface area contributed by atoms with Gasteiger partial charge in [0.1, 0.15) is 0 Å². The van der Waals surface area contributed by atoms with E-state index in [0.717, 1.165) is 31.6 Å². The van der Waals surface area contributed by atoms with E-state index in [1.807, 2.05) is 12.3 Å². The summed E-state index contributed by atoms with van der Waals surface area (Å²) < 4.78 is 0. The van der Waals surface area contributed by atoms with Crippen LogP contribution in [0.4, 0.5) is 0 Å². The van der Waals surface area contributed by atoms with Gasteiger partial charge in [0, 0.05) is 25.0 Å². The molecule has 116 valence electrons. The van der Waals surface area contributed by atoms with Crippen LogP contribution in [0.1, 0.15) is 31.5 Å². The Bertz CT molecular complexity index is 485. The van der Waals surface area contributed by atoms with Gasteiger partial charge < -0.3 is 16.4 Å². The van der Waals surface area contributed by atoms with Crippen LogP contribution in [-0.4, -0.2) is 29.1 Å². The third-order valence-corrected chi connectivity index (χ3v) is 2.96. The fourth-order valence-electron chi connectivity index (χ4n) is 1.77. The van der Waals surface area contributed by atoms with Gasteiger partial charge >= 0.3 is 0 Å². The van der Waals surface area contributed by atoms with Gasteiger partial charge in [-0.3, -0.25) is 9.98 Å². The zero-order valence-corrected chi connectivity index (χ0v) is 13.8. The molecule has 4 N–H and O–H groups in total. The van der Waals surface area contributed by atoms with E-state index in [1.165, 1.54) is 5.56 Å². The average Bonchev–Trinajstić information content (AvgIpc) is 2.41. The van der Waals surface area contributed by atoms with Crippen LogP contribution in [0, 0.1) is 12.8 Å². The molecule has 5 nitrogen and oxygen atoms in total. The van der Waals surface area contributed by atoms with E-state index < -0.39 is 0 Å². The Balaban J connectivity index is 2.41. The highest BCUT2D eigenvalue weighted by molar-refractivity contribution is 7.80. The SMILES string of the molecule is Cc1cccnc1CCCNC(=NCC(C)C)NC(N)=S. The number of aromatic nitrogens is 1. The summed E-state index contributed by atoms with van der Waals surface area (Å²) in [5.41, 5.74) is 7.87. The van der Waals surface area contributed by atoms with Crippen LogP contribution in [0.2, 0.25) is 0 Å². The number of thiocarbonyl (C=S) groups is 1. The van der Waals surface area contributed by atoms with Crippen molar-refractivity contribution >= 4 is 23.3 Å². The van der Waals surface area contributed by atoms with Crippen molar-refractivity contribution in [2.45, 2.75) is 33.6 Å². The molecule has 6 heteroatoms. The fourth-order valence-corrected chi connectivity index (χ4v) is 1.87. The number of nitrogens with one attached hydrogen (secondary N) is 2. The first-order valence-corrected chi connectivity index (χ1v) is 7.65. The molecule has 1 rings (SSSR count). The third kappa shape index (κ3) is 7.60. The van der Waals surface area contributed by atoms with Crippen molar-refractivity contribution in [2.75, 3.05) is 13.1 Å². The van der Waals surface area contributed by atoms with Crippen molar-refractivity contribution in [1.82, 2.24) is 15.6 Å². The minimum atomic E-state index is 0.227. The molecule has 1 aromatic rings. The molecular formula is C15H25N5S. The number of pyridine rings is 1. The molecule has 0 aromatic carbocycles. The first-order chi connectivity index (χ1) is 9.99. The maximum atomic E-state index is 5.50. The highest BCUT2D eigenvalue weighted by Gasteiger charge is 2.02. The molecule has 0 unspecified atom stereocenters. The Morgan fingerprint density at radius 1 is 1.48 bits per heavy atom. The zero-order chi connectivity index (χ0) is 15.7. The highest BCUT2D eigenvalue weighted by atomic mass is 32.1. The first-order valence-electron chi connectivity index (χ1n) is 7.24. The fraction of sp³-hybridized carbons (Fsp3) is 0.533. The van der Waals surface area contributed by atoms with E-state index >= 15 is 0 Å². The molecule has 0 aliphatic carbocycles. The van der Waals surface area contributed by atoms with E-state index in [4.69, 9.17) is 18.0 Å². The lowest BCUT2D eigenvalue weighted by atomic mass is 10.1. The molecule has 0 fully saturated rings. The van der Waals surface area contributed by atoms with E-state index in [-0.39, 0.29) is 5.11 Å². The number of guanidine groups is 1. The molecule has 0 aliphatic heterocycles. The summed E-state index contributed by atoms with van der Waals surface area (Å²) in [7, 11) is 0. The minimum absolute atomic E-state index is 0.227. The van der Waals surface area contributed by atoms with Gasteiger partial charge in [-0.15, -0.1) is 0 Å². The predicted molar refractivity (Wildman–Crippen MR) is 92.4 cm³/mol. The van der Waals surface area contributed by atoms with Gasteiger partial charge in [-0.2, -0.15) is 0 Å². The van der Waals surface area contributed by atoms with E-state index in [9.17, 15) is 0 Å². The van der Waals surface area contributed by atoms with Crippen LogP contribution in [0.3, 0.4) is 0 Å². The minimum Gasteiger partial charge on any atom is -0.376 e. The van der Waals surface area contributed by atoms with Gasteiger partial charge in [0.05, 0.1) is 0 Å². The van der Waals surface area contributed by atoms with Crippen molar-refractivity contribution in [3.63, 3.8) is 0 Å². The lowest BCUT2D eigenvalue weighted by Crippen LogP contribution is -2.44. The smallest absolute Gasteiger partial charge is 0.197 e. The second-order valence-electron chi connectivity index (χ2n) is 5.37. The molecule has 0 saturated heterocycles. The predicted octanol–water partition coefficient (Wildman–Crippen LogP) is 1.76. The largest absolute Gasteiger partial charge is 0.376 e. The van der Waals surface area contributed by atoms with Crippen LogP contribution in [0.15, 0.2) is 23.3 Å². The number of nitrogens with two attached hydrogens (primary N) is 1. The summed E-state index contributed by atoms with van der Waals surface area (Å²) in [4.78, 5) is 8.83. The summed E-state index contributed by atoms with van der Waals surface area (Å²) in [6.07, 6.45) is 3.74. The molecule has 0 radical (unpaired) electrons. The maximum Gasteiger partial charge on any atom is 0.197 e. The Morgan fingerprint density at radius 2 is 2.24 bits per heavy atom. The lowest BCUT2D eigenvalue weighted by Gasteiger charge is -2.12. The van der Waals surface area contributed by atoms with Crippen molar-refractivity contribution in [3.05, 3.63) is 29.6 Å². The molecular weight excluding hydrogens is 282 g/mol. The highest BCUT2D eigenvalue weighted by Crippen LogP contribution is 2.05. The molecule has 0 atom stereocenters. The van der Waals surface area contributed by atoms with Crippen LogP contribution in [0.5, 0.6) is 0 Å². The summed E-state index contributed by atoms with van der Waals surface area (Å²) in [5, 5.41) is 6.34. The Morgan fingerprint density at radius 3 is 2.86 bits per heavy atom. The van der Waals surface area contributed by atoms with Crippen molar-refractivity contribution in [1.29, 1.82) is 0 Å². The van der Waals surface area contributed by atoms with Crippen LogP contribution in [-0.2, 0) is 6.42 Å². The van der Waals surface area contributed by atoms with Gasteiger partial charge in [0.15, 0.2) is 11.1 Å². The Labute approximate surface area is 132 Å². The second kappa shape index (κ2) is 9.28. The molecule has 0 aliphatic rings. The normalized spacial score (nSPS) is 11.5. The average molecular weight is 307 g/mol. The van der Waals surface area contributed by atoms with Gasteiger partial charge in [-0.25, -0.2) is 0 Å². The lowest BCUT2D eigenvalue weighted by molar-refractivity contribution is 0.657. The third-order valence-electron chi connectivity index (χ3n) is 2.86. The molecule has 1 heterocycles. The zero-order valence-electron chi connectivity index (χ0n) is 13.0. The standard InChI is InChI=1S/C15H25N5S/c1-11(2)10-19-15(20-14(16)21)18-9-5-7-13-12(3)6-4-8-17-13/h4,6,8,11H,5,7,9-10H2,1-3H3,(H4,16,18,19,20,21). The first kappa shape index (κ1) is 17.4. The maximum absolute atomic E-state index is 5.50. The van der Waals surface area contributed by atoms with Crippen molar-refractivity contribution in [2.24, 2.45) is 16.6 Å². The summed E-state index contributed by atoms with van der Waals surface area (Å²) >= 11 is 4.86. The van der Waals surface area contributed by atoms with Crippen LogP contribution >= 0.6 is 12.2 Å². The van der Waals surface area contributed by atoms with Gasteiger partial charge in [-0.05, 0) is 49.5 Å². The topological polar surface area (TPSA) is 75.3 Å². The van der Waals surface area contributed by atoms with E-state index in [2.05, 4.69) is 47.4 Å². The molecule has 0 saturated carbocycles. The summed E-state index contributed by atoms with van der Waals surface area (Å²) in [5.74, 6) is 1.14. The van der Waals surface area contributed by atoms with Crippen LogP contribution < -0.4 is 16.4 Å². The molecule has 0 bridgehead atoms. The summed E-state index contributed by atoms with van der Waals surface area (Å²) in [6.45, 7) is 7.84. The van der Waals surface area contributed by atoms with Gasteiger partial charge in [0.25, 0.3) is 0 Å². The number of aryl methyl sites for hydroxylation is 2. The number of aliphatic imine (C=N–C) groups is 1.